The van der Waals surface area contributed by atoms with Crippen LogP contribution in [0.15, 0.2) is 46.3 Å². The lowest BCUT2D eigenvalue weighted by Crippen LogP contribution is -2.45. The third kappa shape index (κ3) is 3.98. The van der Waals surface area contributed by atoms with Crippen LogP contribution in [0.2, 0.25) is 5.02 Å². The number of carbonyl (C=O) groups is 1. The molecule has 4 nitrogen and oxygen atoms in total. The zero-order valence-corrected chi connectivity index (χ0v) is 18.9. The fourth-order valence-corrected chi connectivity index (χ4v) is 5.02. The van der Waals surface area contributed by atoms with Crippen molar-refractivity contribution in [1.82, 2.24) is 5.32 Å². The van der Waals surface area contributed by atoms with Crippen molar-refractivity contribution in [3.63, 3.8) is 0 Å². The van der Waals surface area contributed by atoms with Crippen LogP contribution in [0.4, 0.5) is 15.8 Å². The number of amidine groups is 1. The maximum Gasteiger partial charge on any atom is 0.264 e. The number of amides is 1. The Bertz CT molecular complexity index is 1100. The summed E-state index contributed by atoms with van der Waals surface area (Å²) in [5, 5.41) is 3.75. The standard InChI is InChI=1S/C23H23ClFN3OS/c1-13-12-23(2,3)28(4)19-11-18(25)14(8-17(13)19)9-20-21(29)27-22(30-20)26-16-7-5-6-15(24)10-16/h5-11,13H,12H2,1-4H3,(H,26,27,29)/b20-9+. The second-order valence-electron chi connectivity index (χ2n) is 8.37. The van der Waals surface area contributed by atoms with Gasteiger partial charge >= 0.3 is 0 Å². The Kier molecular flexibility index (Phi) is 5.41. The highest BCUT2D eigenvalue weighted by atomic mass is 35.5. The Morgan fingerprint density at radius 1 is 1.33 bits per heavy atom. The van der Waals surface area contributed by atoms with Gasteiger partial charge in [-0.15, -0.1) is 0 Å². The van der Waals surface area contributed by atoms with Crippen molar-refractivity contribution < 1.29 is 9.18 Å². The summed E-state index contributed by atoms with van der Waals surface area (Å²) in [4.78, 5) is 19.4. The van der Waals surface area contributed by atoms with E-state index in [4.69, 9.17) is 11.6 Å². The minimum absolute atomic E-state index is 0.0360. The van der Waals surface area contributed by atoms with Gasteiger partial charge in [-0.3, -0.25) is 4.79 Å². The van der Waals surface area contributed by atoms with Gasteiger partial charge in [0.25, 0.3) is 5.91 Å². The summed E-state index contributed by atoms with van der Waals surface area (Å²) in [5.41, 5.74) is 3.03. The number of anilines is 1. The molecule has 2 aliphatic rings. The number of aliphatic imine (C=N–C) groups is 1. The zero-order valence-electron chi connectivity index (χ0n) is 17.3. The molecule has 0 spiro atoms. The van der Waals surface area contributed by atoms with Crippen LogP contribution in [-0.2, 0) is 4.79 Å². The van der Waals surface area contributed by atoms with Gasteiger partial charge in [0.05, 0.1) is 10.6 Å². The van der Waals surface area contributed by atoms with E-state index in [-0.39, 0.29) is 17.3 Å². The van der Waals surface area contributed by atoms with E-state index in [1.165, 1.54) is 11.8 Å². The van der Waals surface area contributed by atoms with E-state index in [2.05, 4.69) is 36.0 Å². The van der Waals surface area contributed by atoms with E-state index in [1.54, 1.807) is 36.4 Å². The van der Waals surface area contributed by atoms with Crippen LogP contribution in [0.1, 0.15) is 44.2 Å². The van der Waals surface area contributed by atoms with Crippen molar-refractivity contribution in [2.24, 2.45) is 4.99 Å². The fraction of sp³-hybridized carbons (Fsp3) is 0.304. The predicted octanol–water partition coefficient (Wildman–Crippen LogP) is 6.09. The number of halogens is 2. The van der Waals surface area contributed by atoms with Crippen LogP contribution >= 0.6 is 23.4 Å². The molecule has 1 fully saturated rings. The number of thioether (sulfide) groups is 1. The molecule has 1 amide bonds. The number of hydrogen-bond donors (Lipinski definition) is 1. The second kappa shape index (κ2) is 7.75. The lowest BCUT2D eigenvalue weighted by molar-refractivity contribution is -0.115. The number of nitrogens with zero attached hydrogens (tertiary/aromatic N) is 2. The SMILES string of the molecule is CC1CC(C)(C)N(C)c2cc(F)c(/C=C3/SC(=Nc4cccc(Cl)c4)NC3=O)cc21. The highest BCUT2D eigenvalue weighted by molar-refractivity contribution is 8.18. The van der Waals surface area contributed by atoms with Gasteiger partial charge < -0.3 is 10.2 Å². The fourth-order valence-electron chi connectivity index (χ4n) is 4.00. The van der Waals surface area contributed by atoms with Crippen molar-refractivity contribution in [2.45, 2.75) is 38.6 Å². The van der Waals surface area contributed by atoms with E-state index in [1.807, 2.05) is 13.1 Å². The molecule has 2 heterocycles. The van der Waals surface area contributed by atoms with Crippen molar-refractivity contribution in [3.05, 3.63) is 63.3 Å². The predicted molar refractivity (Wildman–Crippen MR) is 124 cm³/mol. The summed E-state index contributed by atoms with van der Waals surface area (Å²) in [6, 6.07) is 10.5. The Hall–Kier alpha value is -2.31. The zero-order chi connectivity index (χ0) is 21.6. The van der Waals surface area contributed by atoms with Gasteiger partial charge in [0.15, 0.2) is 5.17 Å². The van der Waals surface area contributed by atoms with Crippen LogP contribution in [0, 0.1) is 5.82 Å². The van der Waals surface area contributed by atoms with Crippen molar-refractivity contribution in [1.29, 1.82) is 0 Å². The van der Waals surface area contributed by atoms with Crippen LogP contribution in [-0.4, -0.2) is 23.7 Å². The van der Waals surface area contributed by atoms with Gasteiger partial charge in [-0.1, -0.05) is 24.6 Å². The summed E-state index contributed by atoms with van der Waals surface area (Å²) >= 11 is 7.18. The van der Waals surface area contributed by atoms with Gasteiger partial charge in [0.2, 0.25) is 0 Å². The van der Waals surface area contributed by atoms with Gasteiger partial charge in [-0.25, -0.2) is 9.38 Å². The molecule has 1 N–H and O–H groups in total. The molecule has 1 atom stereocenters. The minimum atomic E-state index is -0.341. The maximum atomic E-state index is 14.9. The third-order valence-electron chi connectivity index (χ3n) is 5.73. The minimum Gasteiger partial charge on any atom is -0.369 e. The molecule has 4 rings (SSSR count). The molecule has 7 heteroatoms. The van der Waals surface area contributed by atoms with Gasteiger partial charge in [0.1, 0.15) is 5.82 Å². The molecule has 30 heavy (non-hydrogen) atoms. The summed E-state index contributed by atoms with van der Waals surface area (Å²) in [7, 11) is 2.00. The van der Waals surface area contributed by atoms with Crippen LogP contribution < -0.4 is 10.2 Å². The van der Waals surface area contributed by atoms with E-state index >= 15 is 0 Å². The number of nitrogens with one attached hydrogen (secondary N) is 1. The molecular formula is C23H23ClFN3OS. The number of benzene rings is 2. The maximum absolute atomic E-state index is 14.9. The summed E-state index contributed by atoms with van der Waals surface area (Å²) in [6.45, 7) is 6.50. The highest BCUT2D eigenvalue weighted by Gasteiger charge is 2.35. The van der Waals surface area contributed by atoms with Crippen molar-refractivity contribution in [2.75, 3.05) is 11.9 Å². The van der Waals surface area contributed by atoms with Gasteiger partial charge in [0, 0.05) is 28.9 Å². The first-order chi connectivity index (χ1) is 14.1. The number of hydrogen-bond acceptors (Lipinski definition) is 4. The van der Waals surface area contributed by atoms with E-state index in [9.17, 15) is 9.18 Å². The number of carbonyl (C=O) groups excluding carboxylic acids is 1. The van der Waals surface area contributed by atoms with E-state index < -0.39 is 0 Å². The second-order valence-corrected chi connectivity index (χ2v) is 9.84. The molecule has 0 bridgehead atoms. The molecule has 0 aromatic heterocycles. The average molecular weight is 444 g/mol. The van der Waals surface area contributed by atoms with E-state index in [0.29, 0.717) is 32.3 Å². The van der Waals surface area contributed by atoms with E-state index in [0.717, 1.165) is 17.7 Å². The molecule has 156 valence electrons. The Morgan fingerprint density at radius 2 is 2.10 bits per heavy atom. The summed E-state index contributed by atoms with van der Waals surface area (Å²) < 4.78 is 14.9. The molecule has 2 aromatic carbocycles. The first-order valence-electron chi connectivity index (χ1n) is 9.76. The molecule has 2 aromatic rings. The molecular weight excluding hydrogens is 421 g/mol. The number of rotatable bonds is 2. The van der Waals surface area contributed by atoms with Gasteiger partial charge in [-0.2, -0.15) is 0 Å². The van der Waals surface area contributed by atoms with Gasteiger partial charge in [-0.05, 0) is 79.9 Å². The normalized spacial score (nSPS) is 23.1. The summed E-state index contributed by atoms with van der Waals surface area (Å²) in [6.07, 6.45) is 2.58. The van der Waals surface area contributed by atoms with Crippen LogP contribution in [0.3, 0.4) is 0 Å². The lowest BCUT2D eigenvalue weighted by Gasteiger charge is -2.45. The first-order valence-corrected chi connectivity index (χ1v) is 11.0. The Morgan fingerprint density at radius 3 is 2.83 bits per heavy atom. The lowest BCUT2D eigenvalue weighted by atomic mass is 9.80. The highest BCUT2D eigenvalue weighted by Crippen LogP contribution is 2.43. The quantitative estimate of drug-likeness (QED) is 0.571. The monoisotopic (exact) mass is 443 g/mol. The Balaban J connectivity index is 1.66. The topological polar surface area (TPSA) is 44.7 Å². The smallest absolute Gasteiger partial charge is 0.264 e. The molecule has 0 radical (unpaired) electrons. The molecule has 2 aliphatic heterocycles. The van der Waals surface area contributed by atoms with Crippen LogP contribution in [0.25, 0.3) is 6.08 Å². The summed E-state index contributed by atoms with van der Waals surface area (Å²) in [5.74, 6) is -0.329. The number of fused-ring (bicyclic) bond motifs is 1. The Labute approximate surface area is 185 Å². The molecule has 1 unspecified atom stereocenters. The van der Waals surface area contributed by atoms with Crippen molar-refractivity contribution in [3.8, 4) is 0 Å². The third-order valence-corrected chi connectivity index (χ3v) is 6.87. The molecule has 0 aliphatic carbocycles. The largest absolute Gasteiger partial charge is 0.369 e. The molecule has 0 saturated carbocycles. The van der Waals surface area contributed by atoms with Crippen molar-refractivity contribution >= 4 is 51.9 Å². The first kappa shape index (κ1) is 20.9. The van der Waals surface area contributed by atoms with Crippen LogP contribution in [0.5, 0.6) is 0 Å². The molecule has 1 saturated heterocycles. The average Bonchev–Trinajstić information content (AvgIpc) is 2.99.